The van der Waals surface area contributed by atoms with Gasteiger partial charge in [-0.2, -0.15) is 0 Å². The zero-order valence-corrected chi connectivity index (χ0v) is 9.43. The van der Waals surface area contributed by atoms with Crippen LogP contribution in [-0.4, -0.2) is 22.2 Å². The summed E-state index contributed by atoms with van der Waals surface area (Å²) in [6, 6.07) is 4.19. The molecule has 76 valence electrons. The Morgan fingerprint density at radius 3 is 2.79 bits per heavy atom. The number of para-hydroxylation sites is 1. The largest absolute Gasteiger partial charge is 0.507 e. The summed E-state index contributed by atoms with van der Waals surface area (Å²) in [5, 5.41) is 18.2. The van der Waals surface area contributed by atoms with E-state index in [4.69, 9.17) is 10.8 Å². The predicted octanol–water partition coefficient (Wildman–Crippen LogP) is 0.951. The van der Waals surface area contributed by atoms with Crippen LogP contribution in [0.5, 0.6) is 5.75 Å². The van der Waals surface area contributed by atoms with Gasteiger partial charge >= 0.3 is 5.97 Å². The van der Waals surface area contributed by atoms with E-state index >= 15 is 0 Å². The van der Waals surface area contributed by atoms with Crippen LogP contribution in [0.4, 0.5) is 0 Å². The minimum Gasteiger partial charge on any atom is -0.507 e. The van der Waals surface area contributed by atoms with Crippen molar-refractivity contribution in [3.63, 3.8) is 0 Å². The Bertz CT molecular complexity index is 354. The summed E-state index contributed by atoms with van der Waals surface area (Å²) in [6.07, 6.45) is 0.137. The fourth-order valence-electron chi connectivity index (χ4n) is 1.05. The van der Waals surface area contributed by atoms with Gasteiger partial charge in [0, 0.05) is 6.42 Å². The molecule has 0 bridgehead atoms. The van der Waals surface area contributed by atoms with Crippen LogP contribution in [0.1, 0.15) is 5.56 Å². The number of carbonyl (C=O) groups is 1. The Morgan fingerprint density at radius 2 is 2.21 bits per heavy atom. The third-order valence-corrected chi connectivity index (χ3v) is 2.70. The number of carboxylic acids is 1. The van der Waals surface area contributed by atoms with Crippen molar-refractivity contribution in [1.82, 2.24) is 0 Å². The summed E-state index contributed by atoms with van der Waals surface area (Å²) >= 11 is 1.98. The number of phenols is 1. The van der Waals surface area contributed by atoms with Crippen molar-refractivity contribution in [2.45, 2.75) is 12.5 Å². The lowest BCUT2D eigenvalue weighted by Gasteiger charge is -2.08. The first-order valence-corrected chi connectivity index (χ1v) is 5.05. The molecule has 0 saturated carbocycles. The summed E-state index contributed by atoms with van der Waals surface area (Å²) in [5.41, 5.74) is 5.92. The zero-order valence-electron chi connectivity index (χ0n) is 7.27. The third-order valence-electron chi connectivity index (χ3n) is 1.83. The monoisotopic (exact) mass is 307 g/mol. The second kappa shape index (κ2) is 4.61. The second-order valence-corrected chi connectivity index (χ2v) is 4.06. The van der Waals surface area contributed by atoms with Gasteiger partial charge < -0.3 is 15.9 Å². The number of hydrogen-bond donors (Lipinski definition) is 3. The molecule has 0 fully saturated rings. The zero-order chi connectivity index (χ0) is 10.7. The molecular formula is C9H10INO3. The maximum absolute atomic E-state index is 10.5. The van der Waals surface area contributed by atoms with Crippen LogP contribution in [0.3, 0.4) is 0 Å². The summed E-state index contributed by atoms with van der Waals surface area (Å²) in [7, 11) is 0. The Hall–Kier alpha value is -0.820. The van der Waals surface area contributed by atoms with E-state index < -0.39 is 12.0 Å². The number of benzene rings is 1. The smallest absolute Gasteiger partial charge is 0.320 e. The molecule has 14 heavy (non-hydrogen) atoms. The number of carboxylic acid groups (broad SMARTS) is 1. The molecule has 0 saturated heterocycles. The van der Waals surface area contributed by atoms with E-state index in [0.717, 1.165) is 0 Å². The number of nitrogens with two attached hydrogens (primary N) is 1. The summed E-state index contributed by atoms with van der Waals surface area (Å²) in [5.74, 6) is -0.951. The van der Waals surface area contributed by atoms with Crippen LogP contribution < -0.4 is 5.73 Å². The van der Waals surface area contributed by atoms with Crippen LogP contribution in [0.15, 0.2) is 18.2 Å². The maximum Gasteiger partial charge on any atom is 0.320 e. The Balaban J connectivity index is 2.87. The van der Waals surface area contributed by atoms with E-state index in [-0.39, 0.29) is 12.2 Å². The summed E-state index contributed by atoms with van der Waals surface area (Å²) < 4.78 is 0.692. The fraction of sp³-hybridized carbons (Fsp3) is 0.222. The molecule has 1 aromatic rings. The molecule has 0 unspecified atom stereocenters. The first-order valence-electron chi connectivity index (χ1n) is 3.97. The van der Waals surface area contributed by atoms with Gasteiger partial charge in [-0.1, -0.05) is 12.1 Å². The predicted molar refractivity (Wildman–Crippen MR) is 60.1 cm³/mol. The number of rotatable bonds is 3. The van der Waals surface area contributed by atoms with Crippen molar-refractivity contribution in [2.24, 2.45) is 5.73 Å². The number of aliphatic carboxylic acids is 1. The highest BCUT2D eigenvalue weighted by molar-refractivity contribution is 14.1. The maximum atomic E-state index is 10.5. The van der Waals surface area contributed by atoms with E-state index in [1.165, 1.54) is 0 Å². The molecule has 5 heteroatoms. The van der Waals surface area contributed by atoms with Crippen molar-refractivity contribution < 1.29 is 15.0 Å². The SMILES string of the molecule is N[C@@H](Cc1cccc(I)c1O)C(=O)O. The molecule has 4 N–H and O–H groups in total. The Labute approximate surface area is 94.9 Å². The highest BCUT2D eigenvalue weighted by Gasteiger charge is 2.15. The molecule has 0 spiro atoms. The number of hydrogen-bond acceptors (Lipinski definition) is 3. The van der Waals surface area contributed by atoms with Crippen molar-refractivity contribution >= 4 is 28.6 Å². The minimum atomic E-state index is -1.07. The van der Waals surface area contributed by atoms with Gasteiger partial charge in [0.15, 0.2) is 0 Å². The van der Waals surface area contributed by atoms with Gasteiger partial charge in [-0.15, -0.1) is 0 Å². The molecule has 0 aliphatic carbocycles. The van der Waals surface area contributed by atoms with Gasteiger partial charge in [-0.25, -0.2) is 0 Å². The molecule has 0 aliphatic rings. The van der Waals surface area contributed by atoms with E-state index in [1.807, 2.05) is 22.6 Å². The molecule has 1 aromatic carbocycles. The first kappa shape index (κ1) is 11.3. The first-order chi connectivity index (χ1) is 6.52. The topological polar surface area (TPSA) is 83.5 Å². The Kier molecular flexibility index (Phi) is 3.70. The molecule has 1 rings (SSSR count). The third kappa shape index (κ3) is 2.58. The molecule has 0 aliphatic heterocycles. The minimum absolute atomic E-state index is 0.116. The van der Waals surface area contributed by atoms with E-state index in [9.17, 15) is 9.90 Å². The summed E-state index contributed by atoms with van der Waals surface area (Å²) in [6.45, 7) is 0. The molecule has 0 heterocycles. The van der Waals surface area contributed by atoms with E-state index in [0.29, 0.717) is 9.13 Å². The van der Waals surface area contributed by atoms with Gasteiger partial charge in [-0.05, 0) is 34.2 Å². The standard InChI is InChI=1S/C9H10INO3/c10-6-3-1-2-5(8(6)12)4-7(11)9(13)14/h1-3,7,12H,4,11H2,(H,13,14)/t7-/m0/s1. The van der Waals surface area contributed by atoms with E-state index in [2.05, 4.69) is 0 Å². The number of aromatic hydroxyl groups is 1. The fourth-order valence-corrected chi connectivity index (χ4v) is 1.60. The van der Waals surface area contributed by atoms with Gasteiger partial charge in [0.25, 0.3) is 0 Å². The van der Waals surface area contributed by atoms with Gasteiger partial charge in [-0.3, -0.25) is 4.79 Å². The van der Waals surface area contributed by atoms with Crippen molar-refractivity contribution in [1.29, 1.82) is 0 Å². The van der Waals surface area contributed by atoms with Gasteiger partial charge in [0.05, 0.1) is 3.57 Å². The van der Waals surface area contributed by atoms with Crippen molar-refractivity contribution in [3.05, 3.63) is 27.3 Å². The van der Waals surface area contributed by atoms with Crippen LogP contribution in [0, 0.1) is 3.57 Å². The molecular weight excluding hydrogens is 297 g/mol. The lowest BCUT2D eigenvalue weighted by atomic mass is 10.1. The number of phenolic OH excluding ortho intramolecular Hbond substituents is 1. The van der Waals surface area contributed by atoms with Crippen LogP contribution in [0.2, 0.25) is 0 Å². The van der Waals surface area contributed by atoms with Gasteiger partial charge in [0.1, 0.15) is 11.8 Å². The van der Waals surface area contributed by atoms with Crippen LogP contribution >= 0.6 is 22.6 Å². The average molecular weight is 307 g/mol. The normalized spacial score (nSPS) is 12.4. The molecule has 1 atom stereocenters. The van der Waals surface area contributed by atoms with Crippen molar-refractivity contribution in [2.75, 3.05) is 0 Å². The number of halogens is 1. The summed E-state index contributed by atoms with van der Waals surface area (Å²) in [4.78, 5) is 10.5. The lowest BCUT2D eigenvalue weighted by Crippen LogP contribution is -2.32. The lowest BCUT2D eigenvalue weighted by molar-refractivity contribution is -0.138. The Morgan fingerprint density at radius 1 is 1.57 bits per heavy atom. The van der Waals surface area contributed by atoms with Crippen LogP contribution in [-0.2, 0) is 11.2 Å². The highest BCUT2D eigenvalue weighted by Crippen LogP contribution is 2.24. The molecule has 0 amide bonds. The van der Waals surface area contributed by atoms with E-state index in [1.54, 1.807) is 18.2 Å². The van der Waals surface area contributed by atoms with Crippen molar-refractivity contribution in [3.8, 4) is 5.75 Å². The highest BCUT2D eigenvalue weighted by atomic mass is 127. The van der Waals surface area contributed by atoms with Gasteiger partial charge in [0.2, 0.25) is 0 Å². The quantitative estimate of drug-likeness (QED) is 0.726. The second-order valence-electron chi connectivity index (χ2n) is 2.90. The average Bonchev–Trinajstić information content (AvgIpc) is 2.12. The molecule has 0 aromatic heterocycles. The van der Waals surface area contributed by atoms with Crippen LogP contribution in [0.25, 0.3) is 0 Å². The molecule has 0 radical (unpaired) electrons. The molecule has 4 nitrogen and oxygen atoms in total.